The van der Waals surface area contributed by atoms with Gasteiger partial charge in [-0.1, -0.05) is 29.8 Å². The van der Waals surface area contributed by atoms with Crippen LogP contribution in [0, 0.1) is 5.82 Å². The van der Waals surface area contributed by atoms with Gasteiger partial charge in [0.2, 0.25) is 0 Å². The molecule has 8 heteroatoms. The van der Waals surface area contributed by atoms with E-state index in [4.69, 9.17) is 11.6 Å². The lowest BCUT2D eigenvalue weighted by Gasteiger charge is -2.23. The standard InChI is InChI=1S/C20H12ClFN2O3S/c21-14-4-2-1-3-13(14)16-15(17(25)11-5-7-12(22)8-6-11)18(26)19(27)24(16)20-23-9-10-28-20/h1-10,16,25H/t16-/m0/s1. The van der Waals surface area contributed by atoms with Gasteiger partial charge in [0.25, 0.3) is 5.78 Å². The molecule has 1 amide bonds. The topological polar surface area (TPSA) is 70.5 Å². The van der Waals surface area contributed by atoms with Crippen molar-refractivity contribution in [2.24, 2.45) is 0 Å². The number of nitrogens with zero attached hydrogens (tertiary/aromatic N) is 2. The molecular weight excluding hydrogens is 403 g/mol. The van der Waals surface area contributed by atoms with Gasteiger partial charge in [0.15, 0.2) is 5.13 Å². The zero-order valence-corrected chi connectivity index (χ0v) is 15.7. The second kappa shape index (κ2) is 7.18. The van der Waals surface area contributed by atoms with E-state index >= 15 is 0 Å². The van der Waals surface area contributed by atoms with Crippen LogP contribution in [-0.4, -0.2) is 21.8 Å². The van der Waals surface area contributed by atoms with Gasteiger partial charge >= 0.3 is 5.91 Å². The summed E-state index contributed by atoms with van der Waals surface area (Å²) in [5.74, 6) is -2.56. The van der Waals surface area contributed by atoms with E-state index in [1.807, 2.05) is 0 Å². The van der Waals surface area contributed by atoms with Crippen LogP contribution in [0.25, 0.3) is 5.76 Å². The van der Waals surface area contributed by atoms with Crippen LogP contribution in [0.4, 0.5) is 9.52 Å². The van der Waals surface area contributed by atoms with Crippen molar-refractivity contribution in [3.8, 4) is 0 Å². The lowest BCUT2D eigenvalue weighted by molar-refractivity contribution is -0.132. The van der Waals surface area contributed by atoms with E-state index in [9.17, 15) is 19.1 Å². The molecular formula is C20H12ClFN2O3S. The molecule has 28 heavy (non-hydrogen) atoms. The first-order valence-corrected chi connectivity index (χ1v) is 9.45. The van der Waals surface area contributed by atoms with E-state index in [1.165, 1.54) is 34.6 Å². The average molecular weight is 415 g/mol. The van der Waals surface area contributed by atoms with Gasteiger partial charge in [-0.25, -0.2) is 9.37 Å². The summed E-state index contributed by atoms with van der Waals surface area (Å²) in [5.41, 5.74) is 0.567. The van der Waals surface area contributed by atoms with Gasteiger partial charge in [-0.05, 0) is 35.9 Å². The summed E-state index contributed by atoms with van der Waals surface area (Å²) in [6, 6.07) is 10.8. The molecule has 1 atom stereocenters. The third-order valence-electron chi connectivity index (χ3n) is 4.39. The molecule has 0 saturated carbocycles. The van der Waals surface area contributed by atoms with Crippen LogP contribution >= 0.6 is 22.9 Å². The highest BCUT2D eigenvalue weighted by Crippen LogP contribution is 2.44. The molecule has 0 aliphatic carbocycles. The van der Waals surface area contributed by atoms with Crippen LogP contribution in [0.3, 0.4) is 0 Å². The number of aromatic nitrogens is 1. The number of amides is 1. The van der Waals surface area contributed by atoms with Crippen LogP contribution in [0.1, 0.15) is 17.2 Å². The van der Waals surface area contributed by atoms with E-state index in [2.05, 4.69) is 4.98 Å². The number of carbonyl (C=O) groups excluding carboxylic acids is 2. The van der Waals surface area contributed by atoms with E-state index in [0.29, 0.717) is 15.7 Å². The Morgan fingerprint density at radius 2 is 1.86 bits per heavy atom. The van der Waals surface area contributed by atoms with Crippen molar-refractivity contribution in [1.82, 2.24) is 4.98 Å². The predicted octanol–water partition coefficient (Wildman–Crippen LogP) is 4.56. The number of anilines is 1. The van der Waals surface area contributed by atoms with Crippen LogP contribution in [0.2, 0.25) is 5.02 Å². The average Bonchev–Trinajstić information content (AvgIpc) is 3.30. The Morgan fingerprint density at radius 3 is 2.50 bits per heavy atom. The fraction of sp³-hybridized carbons (Fsp3) is 0.0500. The quantitative estimate of drug-likeness (QED) is 0.387. The molecule has 1 N–H and O–H groups in total. The van der Waals surface area contributed by atoms with Crippen molar-refractivity contribution >= 4 is 45.5 Å². The van der Waals surface area contributed by atoms with Crippen LogP contribution in [0.15, 0.2) is 65.7 Å². The summed E-state index contributed by atoms with van der Waals surface area (Å²) in [7, 11) is 0. The van der Waals surface area contributed by atoms with Gasteiger partial charge in [-0.3, -0.25) is 14.5 Å². The van der Waals surface area contributed by atoms with Gasteiger partial charge < -0.3 is 5.11 Å². The second-order valence-corrected chi connectivity index (χ2v) is 7.29. The fourth-order valence-corrected chi connectivity index (χ4v) is 4.03. The Hall–Kier alpha value is -3.03. The van der Waals surface area contributed by atoms with E-state index in [-0.39, 0.29) is 11.1 Å². The Kier molecular flexibility index (Phi) is 4.70. The Balaban J connectivity index is 1.96. The number of benzene rings is 2. The maximum Gasteiger partial charge on any atom is 0.301 e. The van der Waals surface area contributed by atoms with Gasteiger partial charge in [0.05, 0.1) is 11.6 Å². The minimum atomic E-state index is -0.954. The normalized spacial score (nSPS) is 18.6. The first-order chi connectivity index (χ1) is 13.5. The number of halogens is 2. The third-order valence-corrected chi connectivity index (χ3v) is 5.50. The van der Waals surface area contributed by atoms with Crippen molar-refractivity contribution in [1.29, 1.82) is 0 Å². The zero-order chi connectivity index (χ0) is 19.8. The molecule has 140 valence electrons. The highest BCUT2D eigenvalue weighted by Gasteiger charge is 2.48. The summed E-state index contributed by atoms with van der Waals surface area (Å²) in [6.45, 7) is 0. The van der Waals surface area contributed by atoms with Crippen molar-refractivity contribution in [3.63, 3.8) is 0 Å². The highest BCUT2D eigenvalue weighted by atomic mass is 35.5. The van der Waals surface area contributed by atoms with Crippen LogP contribution in [-0.2, 0) is 9.59 Å². The fourth-order valence-electron chi connectivity index (χ4n) is 3.12. The number of hydrogen-bond donors (Lipinski definition) is 1. The van der Waals surface area contributed by atoms with Crippen LogP contribution in [0.5, 0.6) is 0 Å². The molecule has 1 aromatic heterocycles. The van der Waals surface area contributed by atoms with E-state index < -0.39 is 29.3 Å². The number of rotatable bonds is 3. The molecule has 0 radical (unpaired) electrons. The summed E-state index contributed by atoms with van der Waals surface area (Å²) in [6.07, 6.45) is 1.52. The van der Waals surface area contributed by atoms with E-state index in [1.54, 1.807) is 29.6 Å². The van der Waals surface area contributed by atoms with E-state index in [0.717, 1.165) is 12.1 Å². The molecule has 1 aliphatic heterocycles. The third kappa shape index (κ3) is 2.98. The summed E-state index contributed by atoms with van der Waals surface area (Å²) >= 11 is 7.53. The second-order valence-electron chi connectivity index (χ2n) is 6.01. The molecule has 0 unspecified atom stereocenters. The van der Waals surface area contributed by atoms with Gasteiger partial charge in [0.1, 0.15) is 11.6 Å². The number of aliphatic hydroxyl groups is 1. The predicted molar refractivity (Wildman–Crippen MR) is 105 cm³/mol. The monoisotopic (exact) mass is 414 g/mol. The lowest BCUT2D eigenvalue weighted by Crippen LogP contribution is -2.29. The van der Waals surface area contributed by atoms with Crippen molar-refractivity contribution in [2.45, 2.75) is 6.04 Å². The number of ketones is 1. The molecule has 1 aliphatic rings. The molecule has 1 fully saturated rings. The smallest absolute Gasteiger partial charge is 0.301 e. The SMILES string of the molecule is O=C1C(=O)N(c2nccs2)[C@@H](c2ccccc2Cl)C1=C(O)c1ccc(F)cc1. The maximum atomic E-state index is 13.3. The summed E-state index contributed by atoms with van der Waals surface area (Å²) in [4.78, 5) is 31.0. The molecule has 2 aromatic carbocycles. The van der Waals surface area contributed by atoms with Crippen molar-refractivity contribution in [2.75, 3.05) is 4.90 Å². The lowest BCUT2D eigenvalue weighted by atomic mass is 9.95. The Bertz CT molecular complexity index is 1100. The molecule has 1 saturated heterocycles. The first kappa shape index (κ1) is 18.3. The maximum absolute atomic E-state index is 13.3. The summed E-state index contributed by atoms with van der Waals surface area (Å²) < 4.78 is 13.3. The largest absolute Gasteiger partial charge is 0.507 e. The van der Waals surface area contributed by atoms with Crippen LogP contribution < -0.4 is 4.90 Å². The van der Waals surface area contributed by atoms with Gasteiger partial charge in [-0.15, -0.1) is 11.3 Å². The minimum Gasteiger partial charge on any atom is -0.507 e. The van der Waals surface area contributed by atoms with Crippen molar-refractivity contribution < 1.29 is 19.1 Å². The minimum absolute atomic E-state index is 0.125. The molecule has 4 rings (SSSR count). The number of thiazole rings is 1. The molecule has 5 nitrogen and oxygen atoms in total. The molecule has 3 aromatic rings. The molecule has 0 bridgehead atoms. The number of aliphatic hydroxyl groups excluding tert-OH is 1. The van der Waals surface area contributed by atoms with Gasteiger partial charge in [0, 0.05) is 22.2 Å². The highest BCUT2D eigenvalue weighted by molar-refractivity contribution is 7.14. The number of carbonyl (C=O) groups is 2. The zero-order valence-electron chi connectivity index (χ0n) is 14.2. The Labute approximate surface area is 168 Å². The molecule has 0 spiro atoms. The first-order valence-electron chi connectivity index (χ1n) is 8.20. The number of hydrogen-bond acceptors (Lipinski definition) is 5. The number of Topliss-reactive ketones (excluding diaryl/α,β-unsaturated/α-hetero) is 1. The molecule has 2 heterocycles. The van der Waals surface area contributed by atoms with Gasteiger partial charge in [-0.2, -0.15) is 0 Å². The Morgan fingerprint density at radius 1 is 1.14 bits per heavy atom. The summed E-state index contributed by atoms with van der Waals surface area (Å²) in [5, 5.41) is 13.2. The van der Waals surface area contributed by atoms with Crippen molar-refractivity contribution in [3.05, 3.63) is 87.6 Å².